The number of carbonyl (C=O) groups is 2. The van der Waals surface area contributed by atoms with E-state index in [1.807, 2.05) is 12.1 Å². The van der Waals surface area contributed by atoms with Crippen LogP contribution in [0.4, 0.5) is 11.5 Å². The molecule has 26 heavy (non-hydrogen) atoms. The van der Waals surface area contributed by atoms with Gasteiger partial charge in [0.15, 0.2) is 5.69 Å². The number of benzene rings is 2. The normalized spacial score (nSPS) is 10.0. The summed E-state index contributed by atoms with van der Waals surface area (Å²) in [4.78, 5) is 24.5. The Hall–Kier alpha value is -3.92. The molecule has 1 heterocycles. The molecule has 0 atom stereocenters. The van der Waals surface area contributed by atoms with E-state index in [4.69, 9.17) is 5.26 Å². The summed E-state index contributed by atoms with van der Waals surface area (Å²) in [7, 11) is 1.64. The van der Waals surface area contributed by atoms with Gasteiger partial charge in [0, 0.05) is 24.4 Å². The van der Waals surface area contributed by atoms with Gasteiger partial charge in [-0.2, -0.15) is 10.4 Å². The number of anilines is 2. The molecule has 7 heteroatoms. The zero-order chi connectivity index (χ0) is 18.5. The van der Waals surface area contributed by atoms with Gasteiger partial charge < -0.3 is 10.6 Å². The molecule has 2 amide bonds. The number of nitrogens with zero attached hydrogens (tertiary/aromatic N) is 3. The minimum absolute atomic E-state index is 0.167. The van der Waals surface area contributed by atoms with Crippen molar-refractivity contribution in [1.29, 1.82) is 5.26 Å². The van der Waals surface area contributed by atoms with Crippen LogP contribution in [-0.4, -0.2) is 21.6 Å². The monoisotopic (exact) mass is 345 g/mol. The molecule has 0 saturated heterocycles. The largest absolute Gasteiger partial charge is 0.321 e. The fraction of sp³-hybridized carbons (Fsp3) is 0.0526. The van der Waals surface area contributed by atoms with Crippen LogP contribution in [0.25, 0.3) is 0 Å². The molecule has 128 valence electrons. The van der Waals surface area contributed by atoms with Gasteiger partial charge in [0.05, 0.1) is 11.6 Å². The Kier molecular flexibility index (Phi) is 4.76. The average Bonchev–Trinajstić information content (AvgIpc) is 3.03. The minimum atomic E-state index is -0.412. The van der Waals surface area contributed by atoms with Crippen molar-refractivity contribution in [2.24, 2.45) is 7.05 Å². The predicted octanol–water partition coefficient (Wildman–Crippen LogP) is 2.80. The Morgan fingerprint density at radius 3 is 2.35 bits per heavy atom. The lowest BCUT2D eigenvalue weighted by Crippen LogP contribution is -2.14. The average molecular weight is 345 g/mol. The van der Waals surface area contributed by atoms with Crippen LogP contribution in [0.3, 0.4) is 0 Å². The summed E-state index contributed by atoms with van der Waals surface area (Å²) in [5.74, 6) is -0.290. The lowest BCUT2D eigenvalue weighted by molar-refractivity contribution is 0.101. The lowest BCUT2D eigenvalue weighted by atomic mass is 10.2. The SMILES string of the molecule is Cn1nc(C(=O)Nc2ccc(C#N)cc2)cc1NC(=O)c1ccccc1. The second-order valence-electron chi connectivity index (χ2n) is 5.50. The number of carbonyl (C=O) groups excluding carboxylic acids is 2. The van der Waals surface area contributed by atoms with E-state index < -0.39 is 5.91 Å². The Morgan fingerprint density at radius 2 is 1.69 bits per heavy atom. The van der Waals surface area contributed by atoms with Crippen molar-refractivity contribution in [3.05, 3.63) is 77.5 Å². The van der Waals surface area contributed by atoms with E-state index in [0.717, 1.165) is 0 Å². The molecular formula is C19H15N5O2. The molecule has 3 aromatic rings. The molecule has 0 spiro atoms. The molecular weight excluding hydrogens is 330 g/mol. The maximum Gasteiger partial charge on any atom is 0.276 e. The number of aromatic nitrogens is 2. The van der Waals surface area contributed by atoms with E-state index in [-0.39, 0.29) is 11.6 Å². The topological polar surface area (TPSA) is 99.8 Å². The molecule has 0 bridgehead atoms. The van der Waals surface area contributed by atoms with Crippen LogP contribution in [-0.2, 0) is 7.05 Å². The first-order valence-corrected chi connectivity index (χ1v) is 7.79. The second kappa shape index (κ2) is 7.32. The van der Waals surface area contributed by atoms with Gasteiger partial charge in [-0.15, -0.1) is 0 Å². The van der Waals surface area contributed by atoms with Crippen molar-refractivity contribution < 1.29 is 9.59 Å². The molecule has 2 aromatic carbocycles. The van der Waals surface area contributed by atoms with Gasteiger partial charge in [-0.3, -0.25) is 14.3 Å². The summed E-state index contributed by atoms with van der Waals surface area (Å²) in [6.45, 7) is 0. The highest BCUT2D eigenvalue weighted by Crippen LogP contribution is 2.14. The van der Waals surface area contributed by atoms with E-state index in [1.54, 1.807) is 55.6 Å². The highest BCUT2D eigenvalue weighted by Gasteiger charge is 2.15. The zero-order valence-electron chi connectivity index (χ0n) is 13.9. The van der Waals surface area contributed by atoms with Gasteiger partial charge in [0.2, 0.25) is 0 Å². The minimum Gasteiger partial charge on any atom is -0.321 e. The summed E-state index contributed by atoms with van der Waals surface area (Å²) in [5, 5.41) is 18.3. The van der Waals surface area contributed by atoms with Crippen LogP contribution < -0.4 is 10.6 Å². The quantitative estimate of drug-likeness (QED) is 0.759. The number of nitrogens with one attached hydrogen (secondary N) is 2. The fourth-order valence-corrected chi connectivity index (χ4v) is 2.30. The van der Waals surface area contributed by atoms with Crippen LogP contribution in [0.5, 0.6) is 0 Å². The molecule has 0 fully saturated rings. The number of hydrogen-bond donors (Lipinski definition) is 2. The number of amides is 2. The van der Waals surface area contributed by atoms with Crippen molar-refractivity contribution in [2.75, 3.05) is 10.6 Å². The second-order valence-corrected chi connectivity index (χ2v) is 5.50. The van der Waals surface area contributed by atoms with Gasteiger partial charge in [-0.1, -0.05) is 18.2 Å². The smallest absolute Gasteiger partial charge is 0.276 e. The predicted molar refractivity (Wildman–Crippen MR) is 96.7 cm³/mol. The van der Waals surface area contributed by atoms with Crippen LogP contribution in [0, 0.1) is 11.3 Å². The van der Waals surface area contributed by atoms with Gasteiger partial charge in [0.1, 0.15) is 5.82 Å². The first-order chi connectivity index (χ1) is 12.6. The summed E-state index contributed by atoms with van der Waals surface area (Å²) < 4.78 is 1.43. The first kappa shape index (κ1) is 16.9. The summed E-state index contributed by atoms with van der Waals surface area (Å²) in [6, 6.07) is 18.8. The molecule has 0 radical (unpaired) electrons. The zero-order valence-corrected chi connectivity index (χ0v) is 13.9. The molecule has 0 aliphatic rings. The maximum absolute atomic E-state index is 12.3. The van der Waals surface area contributed by atoms with Gasteiger partial charge in [-0.05, 0) is 36.4 Å². The van der Waals surface area contributed by atoms with Crippen molar-refractivity contribution in [3.63, 3.8) is 0 Å². The third kappa shape index (κ3) is 3.76. The van der Waals surface area contributed by atoms with E-state index in [1.165, 1.54) is 10.7 Å². The molecule has 0 saturated carbocycles. The molecule has 3 rings (SSSR count). The Morgan fingerprint density at radius 1 is 1.00 bits per heavy atom. The number of hydrogen-bond acceptors (Lipinski definition) is 4. The molecule has 0 aliphatic carbocycles. The summed E-state index contributed by atoms with van der Waals surface area (Å²) in [6.07, 6.45) is 0. The molecule has 0 unspecified atom stereocenters. The molecule has 7 nitrogen and oxygen atoms in total. The van der Waals surface area contributed by atoms with Crippen molar-refractivity contribution >= 4 is 23.3 Å². The maximum atomic E-state index is 12.3. The van der Waals surface area contributed by atoms with E-state index in [2.05, 4.69) is 15.7 Å². The molecule has 0 aliphatic heterocycles. The van der Waals surface area contributed by atoms with Crippen molar-refractivity contribution in [1.82, 2.24) is 9.78 Å². The fourth-order valence-electron chi connectivity index (χ4n) is 2.30. The number of rotatable bonds is 4. The summed E-state index contributed by atoms with van der Waals surface area (Å²) >= 11 is 0. The highest BCUT2D eigenvalue weighted by molar-refractivity contribution is 6.06. The molecule has 2 N–H and O–H groups in total. The number of nitriles is 1. The molecule has 1 aromatic heterocycles. The lowest BCUT2D eigenvalue weighted by Gasteiger charge is -2.04. The Bertz CT molecular complexity index is 985. The third-order valence-corrected chi connectivity index (χ3v) is 3.66. The van der Waals surface area contributed by atoms with Crippen LogP contribution in [0.15, 0.2) is 60.7 Å². The third-order valence-electron chi connectivity index (χ3n) is 3.66. The van der Waals surface area contributed by atoms with Crippen molar-refractivity contribution in [2.45, 2.75) is 0 Å². The summed E-state index contributed by atoms with van der Waals surface area (Å²) in [5.41, 5.74) is 1.73. The van der Waals surface area contributed by atoms with Crippen LogP contribution in [0.1, 0.15) is 26.4 Å². The van der Waals surface area contributed by atoms with E-state index in [9.17, 15) is 9.59 Å². The van der Waals surface area contributed by atoms with Crippen LogP contribution >= 0.6 is 0 Å². The first-order valence-electron chi connectivity index (χ1n) is 7.79. The van der Waals surface area contributed by atoms with E-state index >= 15 is 0 Å². The highest BCUT2D eigenvalue weighted by atomic mass is 16.2. The Labute approximate surface area is 149 Å². The van der Waals surface area contributed by atoms with Gasteiger partial charge >= 0.3 is 0 Å². The van der Waals surface area contributed by atoms with E-state index in [0.29, 0.717) is 22.6 Å². The standard InChI is InChI=1S/C19H15N5O2/c1-24-17(22-18(25)14-5-3-2-4-6-14)11-16(23-24)19(26)21-15-9-7-13(12-20)8-10-15/h2-11H,1H3,(H,21,26)(H,22,25). The Balaban J connectivity index is 1.71. The van der Waals surface area contributed by atoms with Gasteiger partial charge in [0.25, 0.3) is 11.8 Å². The van der Waals surface area contributed by atoms with Gasteiger partial charge in [-0.25, -0.2) is 0 Å². The number of aryl methyl sites for hydroxylation is 1. The van der Waals surface area contributed by atoms with Crippen LogP contribution in [0.2, 0.25) is 0 Å². The van der Waals surface area contributed by atoms with Crippen molar-refractivity contribution in [3.8, 4) is 6.07 Å².